The summed E-state index contributed by atoms with van der Waals surface area (Å²) in [7, 11) is 0. The zero-order chi connectivity index (χ0) is 29.9. The van der Waals surface area contributed by atoms with Gasteiger partial charge in [0.25, 0.3) is 5.69 Å². The summed E-state index contributed by atoms with van der Waals surface area (Å²) in [6, 6.07) is 0.926. The highest BCUT2D eigenvalue weighted by atomic mass is 16.6. The van der Waals surface area contributed by atoms with E-state index in [2.05, 4.69) is 26.6 Å². The summed E-state index contributed by atoms with van der Waals surface area (Å²) in [5, 5.41) is 31.7. The number of anilines is 1. The Morgan fingerprint density at radius 3 is 1.74 bits per heavy atom. The lowest BCUT2D eigenvalue weighted by molar-refractivity contribution is -0.384. The molecule has 0 aliphatic rings. The van der Waals surface area contributed by atoms with Gasteiger partial charge in [0.1, 0.15) is 24.2 Å². The molecule has 214 valence electrons. The number of carbonyl (C=O) groups excluding carboxylic acids is 5. The third kappa shape index (κ3) is 11.2. The number of hydrogen-bond acceptors (Lipinski definition) is 8. The number of hydrogen-bond donors (Lipinski definition) is 6. The van der Waals surface area contributed by atoms with Crippen molar-refractivity contribution < 1.29 is 38.8 Å². The van der Waals surface area contributed by atoms with E-state index >= 15 is 0 Å². The number of aliphatic carboxylic acids is 1. The Morgan fingerprint density at radius 1 is 0.744 bits per heavy atom. The molecule has 0 saturated heterocycles. The van der Waals surface area contributed by atoms with Crippen LogP contribution in [0.15, 0.2) is 24.3 Å². The number of non-ortho nitro benzene ring substituents is 1. The lowest BCUT2D eigenvalue weighted by Gasteiger charge is -2.26. The molecule has 4 atom stereocenters. The first kappa shape index (κ1) is 32.5. The Balaban J connectivity index is 2.67. The van der Waals surface area contributed by atoms with Crippen LogP contribution < -0.4 is 26.6 Å². The van der Waals surface area contributed by atoms with Gasteiger partial charge < -0.3 is 31.7 Å². The minimum absolute atomic E-state index is 0.148. The smallest absolute Gasteiger partial charge is 0.303 e. The predicted molar refractivity (Wildman–Crippen MR) is 138 cm³/mol. The Bertz CT molecular complexity index is 1090. The van der Waals surface area contributed by atoms with Gasteiger partial charge in [0.05, 0.1) is 11.3 Å². The number of carbonyl (C=O) groups is 6. The Labute approximate surface area is 224 Å². The Morgan fingerprint density at radius 2 is 1.23 bits per heavy atom. The number of nitro benzene ring substituents is 1. The minimum atomic E-state index is -1.16. The highest BCUT2D eigenvalue weighted by Crippen LogP contribution is 2.15. The summed E-state index contributed by atoms with van der Waals surface area (Å²) < 4.78 is 0. The van der Waals surface area contributed by atoms with Gasteiger partial charge >= 0.3 is 5.97 Å². The molecule has 39 heavy (non-hydrogen) atoms. The molecule has 15 nitrogen and oxygen atoms in total. The fourth-order valence-corrected chi connectivity index (χ4v) is 3.10. The van der Waals surface area contributed by atoms with Crippen molar-refractivity contribution in [2.75, 3.05) is 5.32 Å². The lowest BCUT2D eigenvalue weighted by atomic mass is 10.0. The zero-order valence-electron chi connectivity index (χ0n) is 22.3. The van der Waals surface area contributed by atoms with Gasteiger partial charge in [-0.2, -0.15) is 0 Å². The van der Waals surface area contributed by atoms with Gasteiger partial charge in [0.15, 0.2) is 0 Å². The maximum absolute atomic E-state index is 12.8. The number of carboxylic acid groups (broad SMARTS) is 1. The lowest BCUT2D eigenvalue weighted by Crippen LogP contribution is -2.58. The molecule has 0 aliphatic heterocycles. The van der Waals surface area contributed by atoms with Crippen LogP contribution in [0.2, 0.25) is 0 Å². The van der Waals surface area contributed by atoms with Crippen LogP contribution in [-0.2, 0) is 28.8 Å². The minimum Gasteiger partial charge on any atom is -0.481 e. The molecule has 0 bridgehead atoms. The zero-order valence-corrected chi connectivity index (χ0v) is 22.3. The Hall–Kier alpha value is -4.56. The topological polar surface area (TPSA) is 226 Å². The molecule has 15 heteroatoms. The van der Waals surface area contributed by atoms with Crippen LogP contribution in [0.25, 0.3) is 0 Å². The fourth-order valence-electron chi connectivity index (χ4n) is 3.10. The summed E-state index contributed by atoms with van der Waals surface area (Å²) in [6.45, 7) is 7.51. The van der Waals surface area contributed by atoms with E-state index in [9.17, 15) is 38.9 Å². The second kappa shape index (κ2) is 15.0. The van der Waals surface area contributed by atoms with Gasteiger partial charge in [-0.05, 0) is 38.8 Å². The quantitative estimate of drug-likeness (QED) is 0.136. The predicted octanol–water partition coefficient (Wildman–Crippen LogP) is 0.0530. The van der Waals surface area contributed by atoms with Crippen molar-refractivity contribution >= 4 is 46.9 Å². The molecule has 0 aliphatic carbocycles. The SMILES string of the molecule is CC(NC(=O)CCC(=O)O)C(=O)NC(C)C(=O)NC(C(=O)NC(C)C(=O)Nc1ccc([N+](=O)[O-])cc1)C(C)C. The van der Waals surface area contributed by atoms with Crippen molar-refractivity contribution in [2.45, 2.75) is 71.6 Å². The van der Waals surface area contributed by atoms with Gasteiger partial charge in [-0.1, -0.05) is 13.8 Å². The first-order valence-electron chi connectivity index (χ1n) is 12.1. The van der Waals surface area contributed by atoms with Crippen molar-refractivity contribution in [3.05, 3.63) is 34.4 Å². The van der Waals surface area contributed by atoms with E-state index in [4.69, 9.17) is 5.11 Å². The third-order valence-corrected chi connectivity index (χ3v) is 5.43. The van der Waals surface area contributed by atoms with E-state index in [-0.39, 0.29) is 17.8 Å². The van der Waals surface area contributed by atoms with E-state index in [1.807, 2.05) is 0 Å². The van der Waals surface area contributed by atoms with Crippen LogP contribution in [-0.4, -0.2) is 69.7 Å². The maximum atomic E-state index is 12.8. The largest absolute Gasteiger partial charge is 0.481 e. The second-order valence-electron chi connectivity index (χ2n) is 9.17. The number of nitrogens with zero attached hydrogens (tertiary/aromatic N) is 1. The maximum Gasteiger partial charge on any atom is 0.303 e. The van der Waals surface area contributed by atoms with Crippen molar-refractivity contribution in [1.29, 1.82) is 0 Å². The average molecular weight is 551 g/mol. The molecular weight excluding hydrogens is 516 g/mol. The number of nitrogens with one attached hydrogen (secondary N) is 5. The van der Waals surface area contributed by atoms with Gasteiger partial charge in [0, 0.05) is 24.2 Å². The van der Waals surface area contributed by atoms with Gasteiger partial charge in [-0.15, -0.1) is 0 Å². The van der Waals surface area contributed by atoms with Gasteiger partial charge in [-0.3, -0.25) is 38.9 Å². The molecule has 5 amide bonds. The van der Waals surface area contributed by atoms with Crippen molar-refractivity contribution in [1.82, 2.24) is 21.3 Å². The number of carboxylic acids is 1. The normalized spacial score (nSPS) is 13.7. The van der Waals surface area contributed by atoms with Gasteiger partial charge in [-0.25, -0.2) is 0 Å². The molecule has 0 fully saturated rings. The molecule has 1 aromatic rings. The molecule has 4 unspecified atom stereocenters. The summed E-state index contributed by atoms with van der Waals surface area (Å²) in [5.41, 5.74) is 0.141. The molecule has 0 aromatic heterocycles. The van der Waals surface area contributed by atoms with Crippen LogP contribution >= 0.6 is 0 Å². The van der Waals surface area contributed by atoms with Crippen LogP contribution in [0, 0.1) is 16.0 Å². The molecular formula is C24H34N6O9. The van der Waals surface area contributed by atoms with Crippen LogP contribution in [0.3, 0.4) is 0 Å². The van der Waals surface area contributed by atoms with Gasteiger partial charge in [0.2, 0.25) is 29.5 Å². The van der Waals surface area contributed by atoms with Crippen molar-refractivity contribution in [3.8, 4) is 0 Å². The van der Waals surface area contributed by atoms with Crippen LogP contribution in [0.5, 0.6) is 0 Å². The number of rotatable bonds is 14. The van der Waals surface area contributed by atoms with Crippen molar-refractivity contribution in [2.24, 2.45) is 5.92 Å². The summed E-state index contributed by atoms with van der Waals surface area (Å²) in [4.78, 5) is 82.8. The van der Waals surface area contributed by atoms with E-state index < -0.39 is 76.9 Å². The average Bonchev–Trinajstić information content (AvgIpc) is 2.85. The molecule has 0 spiro atoms. The first-order chi connectivity index (χ1) is 18.1. The number of benzene rings is 1. The highest BCUT2D eigenvalue weighted by molar-refractivity contribution is 5.99. The monoisotopic (exact) mass is 550 g/mol. The Kier molecular flexibility index (Phi) is 12.5. The summed E-state index contributed by atoms with van der Waals surface area (Å²) in [6.07, 6.45) is -0.701. The van der Waals surface area contributed by atoms with E-state index in [1.54, 1.807) is 13.8 Å². The molecule has 0 saturated carbocycles. The van der Waals surface area contributed by atoms with E-state index in [0.29, 0.717) is 0 Å². The molecule has 1 aromatic carbocycles. The highest BCUT2D eigenvalue weighted by Gasteiger charge is 2.29. The van der Waals surface area contributed by atoms with Crippen LogP contribution in [0.4, 0.5) is 11.4 Å². The molecule has 0 heterocycles. The molecule has 6 N–H and O–H groups in total. The molecule has 1 rings (SSSR count). The summed E-state index contributed by atoms with van der Waals surface area (Å²) in [5.74, 6) is -4.81. The van der Waals surface area contributed by atoms with Crippen LogP contribution in [0.1, 0.15) is 47.5 Å². The number of amides is 5. The van der Waals surface area contributed by atoms with E-state index in [0.717, 1.165) is 0 Å². The standard InChI is InChI=1S/C24H34N6O9/c1-12(2)20(24(37)27-14(4)22(35)28-16-6-8-17(9-7-16)30(38)39)29-23(36)15(5)26-21(34)13(3)25-18(31)10-11-19(32)33/h6-9,12-15,20H,10-11H2,1-5H3,(H,25,31)(H,26,34)(H,27,37)(H,28,35)(H,29,36)(H,32,33). The van der Waals surface area contributed by atoms with E-state index in [1.165, 1.54) is 45.0 Å². The molecule has 0 radical (unpaired) electrons. The fraction of sp³-hybridized carbons (Fsp3) is 0.500. The first-order valence-corrected chi connectivity index (χ1v) is 12.1. The van der Waals surface area contributed by atoms with Crippen molar-refractivity contribution in [3.63, 3.8) is 0 Å². The summed E-state index contributed by atoms with van der Waals surface area (Å²) >= 11 is 0. The second-order valence-corrected chi connectivity index (χ2v) is 9.17. The number of nitro groups is 1. The third-order valence-electron chi connectivity index (χ3n) is 5.43.